The molecular formula is C9H10Cl2K3. The van der Waals surface area contributed by atoms with Gasteiger partial charge in [0, 0.05) is 10.0 Å². The van der Waals surface area contributed by atoms with Gasteiger partial charge in [0.25, 0.3) is 0 Å². The van der Waals surface area contributed by atoms with E-state index in [4.69, 9.17) is 23.2 Å². The molecule has 2 rings (SSSR count). The van der Waals surface area contributed by atoms with Crippen LogP contribution >= 0.6 is 23.2 Å². The molecule has 0 bridgehead atoms. The molecule has 1 unspecified atom stereocenters. The Morgan fingerprint density at radius 2 is 1.43 bits per heavy atom. The summed E-state index contributed by atoms with van der Waals surface area (Å²) in [7, 11) is 0. The van der Waals surface area contributed by atoms with Gasteiger partial charge in [-0.05, 0) is 36.5 Å². The third-order valence-corrected chi connectivity index (χ3v) is 2.50. The fourth-order valence-corrected chi connectivity index (χ4v) is 1.85. The molecule has 1 aromatic carbocycles. The molecule has 1 radical (unpaired) electrons. The Labute approximate surface area is 223 Å². The number of rotatable bonds is 1. The summed E-state index contributed by atoms with van der Waals surface area (Å²) in [6.45, 7) is 0. The molecule has 5 heteroatoms. The van der Waals surface area contributed by atoms with Gasteiger partial charge < -0.3 is 0 Å². The fraction of sp³-hybridized carbons (Fsp3) is 0.222. The summed E-state index contributed by atoms with van der Waals surface area (Å²) in [5.74, 6) is 0.510. The molecule has 1 aromatic rings. The van der Waals surface area contributed by atoms with Gasteiger partial charge in [0.1, 0.15) is 0 Å². The summed E-state index contributed by atoms with van der Waals surface area (Å²) in [4.78, 5) is 0. The summed E-state index contributed by atoms with van der Waals surface area (Å²) in [6.07, 6.45) is 3.32. The van der Waals surface area contributed by atoms with Crippen molar-refractivity contribution in [1.82, 2.24) is 0 Å². The van der Waals surface area contributed by atoms with Gasteiger partial charge in [0.15, 0.2) is 0 Å². The molecule has 0 saturated heterocycles. The predicted molar refractivity (Wildman–Crippen MR) is 69.6 cm³/mol. The number of halogens is 2. The molecule has 63 valence electrons. The normalized spacial score (nSPS) is 13.3. The van der Waals surface area contributed by atoms with Crippen molar-refractivity contribution >= 4 is 177 Å². The van der Waals surface area contributed by atoms with Crippen LogP contribution in [-0.2, 0) is 0 Å². The quantitative estimate of drug-likeness (QED) is 0.693. The maximum absolute atomic E-state index is 5.96. The van der Waals surface area contributed by atoms with Crippen LogP contribution in [0.25, 0.3) is 0 Å². The van der Waals surface area contributed by atoms with E-state index < -0.39 is 0 Å². The van der Waals surface area contributed by atoms with E-state index in [2.05, 4.69) is 6.42 Å². The van der Waals surface area contributed by atoms with E-state index in [0.717, 1.165) is 22.0 Å². The van der Waals surface area contributed by atoms with E-state index >= 15 is 0 Å². The first-order valence-corrected chi connectivity index (χ1v) is 4.32. The molecule has 1 aliphatic carbocycles. The van der Waals surface area contributed by atoms with Crippen molar-refractivity contribution in [1.29, 1.82) is 0 Å². The Bertz CT molecular complexity index is 267. The standard InChI is InChI=1S/C9H7Cl2.3K.3H/c10-7-2-1-3-8(11)9(7)6-4-5-6;;;;;;/h1-4,6H,5H2;;;;;;. The Kier molecular flexibility index (Phi) is 15.7. The second-order valence-corrected chi connectivity index (χ2v) is 3.53. The summed E-state index contributed by atoms with van der Waals surface area (Å²) in [5.41, 5.74) is 1.09. The number of hydrogen-bond acceptors (Lipinski definition) is 0. The number of benzene rings is 1. The average Bonchev–Trinajstić information content (AvgIpc) is 2.70. The first-order chi connectivity index (χ1) is 5.29. The Morgan fingerprint density at radius 3 is 1.79 bits per heavy atom. The Balaban J connectivity index is 0. The van der Waals surface area contributed by atoms with Crippen molar-refractivity contribution < 1.29 is 0 Å². The van der Waals surface area contributed by atoms with Crippen LogP contribution in [0.2, 0.25) is 10.0 Å². The van der Waals surface area contributed by atoms with Crippen molar-refractivity contribution in [2.75, 3.05) is 0 Å². The van der Waals surface area contributed by atoms with Crippen molar-refractivity contribution in [2.45, 2.75) is 12.3 Å². The molecule has 0 amide bonds. The molecule has 0 spiro atoms. The van der Waals surface area contributed by atoms with Gasteiger partial charge in [0.05, 0.1) is 0 Å². The Hall–Kier alpha value is 4.71. The third-order valence-electron chi connectivity index (χ3n) is 1.84. The van der Waals surface area contributed by atoms with Crippen LogP contribution in [0.15, 0.2) is 18.2 Å². The van der Waals surface area contributed by atoms with E-state index in [1.165, 1.54) is 0 Å². The molecule has 0 aliphatic heterocycles. The SMILES string of the molecule is Clc1cccc(Cl)c1C1[CH]C1.[KH].[KH].[KH]. The fourth-order valence-electron chi connectivity index (χ4n) is 1.17. The van der Waals surface area contributed by atoms with Crippen LogP contribution in [0, 0.1) is 6.42 Å². The van der Waals surface area contributed by atoms with Gasteiger partial charge in [-0.15, -0.1) is 0 Å². The monoisotopic (exact) mass is 305 g/mol. The van der Waals surface area contributed by atoms with E-state index in [-0.39, 0.29) is 154 Å². The zero-order valence-corrected chi connectivity index (χ0v) is 7.36. The van der Waals surface area contributed by atoms with Crippen LogP contribution in [0.3, 0.4) is 0 Å². The van der Waals surface area contributed by atoms with Crippen LogP contribution in [-0.4, -0.2) is 154 Å². The van der Waals surface area contributed by atoms with Crippen molar-refractivity contribution in [3.05, 3.63) is 40.2 Å². The Morgan fingerprint density at radius 1 is 1.00 bits per heavy atom. The first-order valence-electron chi connectivity index (χ1n) is 3.56. The minimum atomic E-state index is 0. The van der Waals surface area contributed by atoms with Crippen LogP contribution in [0.1, 0.15) is 17.9 Å². The van der Waals surface area contributed by atoms with E-state index in [0.29, 0.717) is 5.92 Å². The van der Waals surface area contributed by atoms with Gasteiger partial charge in [0.2, 0.25) is 0 Å². The molecule has 1 aliphatic rings. The summed E-state index contributed by atoms with van der Waals surface area (Å²) in [5, 5.41) is 1.58. The molecule has 14 heavy (non-hydrogen) atoms. The molecule has 1 fully saturated rings. The van der Waals surface area contributed by atoms with Crippen molar-refractivity contribution in [2.24, 2.45) is 0 Å². The van der Waals surface area contributed by atoms with Gasteiger partial charge in [-0.1, -0.05) is 29.3 Å². The van der Waals surface area contributed by atoms with Gasteiger partial charge in [-0.2, -0.15) is 0 Å². The van der Waals surface area contributed by atoms with E-state index in [1.807, 2.05) is 18.2 Å². The van der Waals surface area contributed by atoms with Crippen molar-refractivity contribution in [3.63, 3.8) is 0 Å². The molecule has 0 aromatic heterocycles. The number of hydrogen-bond donors (Lipinski definition) is 0. The third kappa shape index (κ3) is 6.24. The van der Waals surface area contributed by atoms with Gasteiger partial charge in [-0.3, -0.25) is 0 Å². The van der Waals surface area contributed by atoms with Gasteiger partial charge in [-0.25, -0.2) is 0 Å². The summed E-state index contributed by atoms with van der Waals surface area (Å²) < 4.78 is 0. The second-order valence-electron chi connectivity index (χ2n) is 2.71. The van der Waals surface area contributed by atoms with E-state index in [9.17, 15) is 0 Å². The molecule has 0 N–H and O–H groups in total. The molecule has 1 atom stereocenters. The summed E-state index contributed by atoms with van der Waals surface area (Å²) in [6, 6.07) is 5.64. The van der Waals surface area contributed by atoms with Crippen LogP contribution in [0.5, 0.6) is 0 Å². The first kappa shape index (κ1) is 21.0. The molecule has 0 nitrogen and oxygen atoms in total. The molecular weight excluding hydrogens is 296 g/mol. The van der Waals surface area contributed by atoms with E-state index in [1.54, 1.807) is 0 Å². The zero-order chi connectivity index (χ0) is 7.84. The zero-order valence-electron chi connectivity index (χ0n) is 5.85. The van der Waals surface area contributed by atoms with Crippen molar-refractivity contribution in [3.8, 4) is 0 Å². The maximum atomic E-state index is 5.96. The van der Waals surface area contributed by atoms with Crippen LogP contribution < -0.4 is 0 Å². The average molecular weight is 306 g/mol. The minimum absolute atomic E-state index is 0. The summed E-state index contributed by atoms with van der Waals surface area (Å²) >= 11 is 11.9. The topological polar surface area (TPSA) is 0 Å². The second kappa shape index (κ2) is 10.5. The van der Waals surface area contributed by atoms with Crippen LogP contribution in [0.4, 0.5) is 0 Å². The predicted octanol–water partition coefficient (Wildman–Crippen LogP) is 1.74. The molecule has 1 saturated carbocycles. The molecule has 0 heterocycles. The van der Waals surface area contributed by atoms with Gasteiger partial charge >= 0.3 is 154 Å².